The van der Waals surface area contributed by atoms with Crippen LogP contribution in [0.15, 0.2) is 18.2 Å². The highest BCUT2D eigenvalue weighted by molar-refractivity contribution is 7.71. The molecule has 0 saturated heterocycles. The molecule has 0 aliphatic rings. The summed E-state index contributed by atoms with van der Waals surface area (Å²) < 4.78 is 4.39. The highest BCUT2D eigenvalue weighted by atomic mass is 35.5. The lowest BCUT2D eigenvalue weighted by Gasteiger charge is -2.06. The molecule has 0 bridgehead atoms. The SMILES string of the molecule is CCCc1nn(C)c2c1[nH]c(=S)n2-c1ccc(Cl)c(Cl)c1. The van der Waals surface area contributed by atoms with Crippen molar-refractivity contribution in [2.24, 2.45) is 7.05 Å². The number of H-pyrrole nitrogens is 1. The minimum Gasteiger partial charge on any atom is -0.327 e. The number of aromatic amines is 1. The van der Waals surface area contributed by atoms with Gasteiger partial charge in [0.25, 0.3) is 0 Å². The summed E-state index contributed by atoms with van der Waals surface area (Å²) >= 11 is 17.6. The van der Waals surface area contributed by atoms with Gasteiger partial charge in [0.1, 0.15) is 5.52 Å². The van der Waals surface area contributed by atoms with E-state index in [0.717, 1.165) is 35.4 Å². The third-order valence-corrected chi connectivity index (χ3v) is 4.41. The summed E-state index contributed by atoms with van der Waals surface area (Å²) in [5, 5.41) is 5.59. The molecule has 2 heterocycles. The summed E-state index contributed by atoms with van der Waals surface area (Å²) in [4.78, 5) is 3.25. The Labute approximate surface area is 137 Å². The van der Waals surface area contributed by atoms with Gasteiger partial charge in [-0.1, -0.05) is 36.5 Å². The zero-order chi connectivity index (χ0) is 15.1. The van der Waals surface area contributed by atoms with Gasteiger partial charge in [-0.25, -0.2) is 4.68 Å². The molecule has 4 nitrogen and oxygen atoms in total. The van der Waals surface area contributed by atoms with Crippen LogP contribution in [-0.2, 0) is 13.5 Å². The van der Waals surface area contributed by atoms with E-state index in [2.05, 4.69) is 17.0 Å². The summed E-state index contributed by atoms with van der Waals surface area (Å²) in [6, 6.07) is 5.46. The van der Waals surface area contributed by atoms with Crippen molar-refractivity contribution in [3.8, 4) is 5.69 Å². The van der Waals surface area contributed by atoms with Crippen molar-refractivity contribution in [3.63, 3.8) is 0 Å². The van der Waals surface area contributed by atoms with Crippen LogP contribution in [0.5, 0.6) is 0 Å². The topological polar surface area (TPSA) is 38.5 Å². The van der Waals surface area contributed by atoms with Gasteiger partial charge in [-0.05, 0) is 36.8 Å². The Hall–Kier alpha value is -1.30. The quantitative estimate of drug-likeness (QED) is 0.703. The van der Waals surface area contributed by atoms with Crippen LogP contribution < -0.4 is 0 Å². The number of benzene rings is 1. The lowest BCUT2D eigenvalue weighted by molar-refractivity contribution is 0.735. The fourth-order valence-corrected chi connectivity index (χ4v) is 3.07. The summed E-state index contributed by atoms with van der Waals surface area (Å²) in [5.41, 5.74) is 3.81. The molecular formula is C14H14Cl2N4S. The van der Waals surface area contributed by atoms with Crippen LogP contribution in [0.2, 0.25) is 10.0 Å². The third kappa shape index (κ3) is 2.39. The molecular weight excluding hydrogens is 327 g/mol. The van der Waals surface area contributed by atoms with E-state index < -0.39 is 0 Å². The minimum atomic E-state index is 0.501. The maximum absolute atomic E-state index is 6.12. The third-order valence-electron chi connectivity index (χ3n) is 3.38. The van der Waals surface area contributed by atoms with Crippen molar-refractivity contribution in [3.05, 3.63) is 38.7 Å². The van der Waals surface area contributed by atoms with Gasteiger partial charge in [-0.2, -0.15) is 5.10 Å². The first kappa shape index (κ1) is 14.6. The Bertz CT molecular complexity index is 875. The van der Waals surface area contributed by atoms with Crippen molar-refractivity contribution in [2.75, 3.05) is 0 Å². The first-order valence-corrected chi connectivity index (χ1v) is 7.81. The Balaban J connectivity index is 2.29. The molecule has 1 aromatic carbocycles. The van der Waals surface area contributed by atoms with Crippen LogP contribution in [0, 0.1) is 4.77 Å². The van der Waals surface area contributed by atoms with E-state index in [9.17, 15) is 0 Å². The summed E-state index contributed by atoms with van der Waals surface area (Å²) in [6.07, 6.45) is 1.94. The van der Waals surface area contributed by atoms with Gasteiger partial charge in [0.05, 0.1) is 21.4 Å². The maximum atomic E-state index is 6.12. The monoisotopic (exact) mass is 340 g/mol. The van der Waals surface area contributed by atoms with Crippen LogP contribution in [0.1, 0.15) is 19.0 Å². The highest BCUT2D eigenvalue weighted by Gasteiger charge is 2.16. The molecule has 7 heteroatoms. The largest absolute Gasteiger partial charge is 0.327 e. The molecule has 0 spiro atoms. The normalized spacial score (nSPS) is 11.4. The molecule has 0 atom stereocenters. The predicted octanol–water partition coefficient (Wildman–Crippen LogP) is 4.68. The Morgan fingerprint density at radius 3 is 2.71 bits per heavy atom. The summed E-state index contributed by atoms with van der Waals surface area (Å²) in [6.45, 7) is 2.13. The van der Waals surface area contributed by atoms with Crippen molar-refractivity contribution in [1.29, 1.82) is 0 Å². The van der Waals surface area contributed by atoms with E-state index in [1.54, 1.807) is 12.1 Å². The van der Waals surface area contributed by atoms with Gasteiger partial charge in [0, 0.05) is 7.05 Å². The molecule has 21 heavy (non-hydrogen) atoms. The van der Waals surface area contributed by atoms with Gasteiger partial charge < -0.3 is 4.98 Å². The van der Waals surface area contributed by atoms with Gasteiger partial charge in [-0.3, -0.25) is 4.57 Å². The summed E-state index contributed by atoms with van der Waals surface area (Å²) in [7, 11) is 1.91. The van der Waals surface area contributed by atoms with E-state index in [1.165, 1.54) is 0 Å². The average Bonchev–Trinajstić information content (AvgIpc) is 2.92. The lowest BCUT2D eigenvalue weighted by atomic mass is 10.2. The number of halogens is 2. The number of imidazole rings is 1. The standard InChI is InChI=1S/C14H14Cl2N4S/c1-3-4-11-12-13(19(2)18-11)20(14(21)17-12)8-5-6-9(15)10(16)7-8/h5-7H,3-4H2,1-2H3,(H,17,21). The predicted molar refractivity (Wildman–Crippen MR) is 89.2 cm³/mol. The number of aromatic nitrogens is 4. The Morgan fingerprint density at radius 2 is 2.05 bits per heavy atom. The number of aryl methyl sites for hydroxylation is 2. The molecule has 0 unspecified atom stereocenters. The van der Waals surface area contributed by atoms with Crippen LogP contribution in [0.3, 0.4) is 0 Å². The Kier molecular flexibility index (Phi) is 3.82. The van der Waals surface area contributed by atoms with E-state index >= 15 is 0 Å². The second kappa shape index (κ2) is 5.48. The first-order chi connectivity index (χ1) is 10.0. The molecule has 3 aromatic rings. The van der Waals surface area contributed by atoms with E-state index in [4.69, 9.17) is 35.4 Å². The van der Waals surface area contributed by atoms with Crippen molar-refractivity contribution < 1.29 is 0 Å². The molecule has 110 valence electrons. The van der Waals surface area contributed by atoms with E-state index in [0.29, 0.717) is 14.8 Å². The number of nitrogens with zero attached hydrogens (tertiary/aromatic N) is 3. The minimum absolute atomic E-state index is 0.501. The van der Waals surface area contributed by atoms with Gasteiger partial charge >= 0.3 is 0 Å². The van der Waals surface area contributed by atoms with Crippen molar-refractivity contribution in [1.82, 2.24) is 19.3 Å². The second-order valence-electron chi connectivity index (χ2n) is 4.88. The number of fused-ring (bicyclic) bond motifs is 1. The lowest BCUT2D eigenvalue weighted by Crippen LogP contribution is -2.01. The van der Waals surface area contributed by atoms with Crippen LogP contribution in [0.25, 0.3) is 16.9 Å². The fourth-order valence-electron chi connectivity index (χ4n) is 2.49. The van der Waals surface area contributed by atoms with Crippen molar-refractivity contribution in [2.45, 2.75) is 19.8 Å². The fraction of sp³-hybridized carbons (Fsp3) is 0.286. The smallest absolute Gasteiger partial charge is 0.184 e. The zero-order valence-corrected chi connectivity index (χ0v) is 14.0. The number of rotatable bonds is 3. The number of hydrogen-bond acceptors (Lipinski definition) is 2. The first-order valence-electron chi connectivity index (χ1n) is 6.65. The van der Waals surface area contributed by atoms with E-state index in [1.807, 2.05) is 22.4 Å². The Morgan fingerprint density at radius 1 is 1.29 bits per heavy atom. The molecule has 0 saturated carbocycles. The molecule has 1 N–H and O–H groups in total. The molecule has 3 rings (SSSR count). The average molecular weight is 341 g/mol. The number of hydrogen-bond donors (Lipinski definition) is 1. The molecule has 2 aromatic heterocycles. The molecule has 0 radical (unpaired) electrons. The number of nitrogens with one attached hydrogen (secondary N) is 1. The summed E-state index contributed by atoms with van der Waals surface area (Å²) in [5.74, 6) is 0. The van der Waals surface area contributed by atoms with Gasteiger partial charge in [0.15, 0.2) is 10.4 Å². The molecule has 0 amide bonds. The maximum Gasteiger partial charge on any atom is 0.184 e. The van der Waals surface area contributed by atoms with Gasteiger partial charge in [-0.15, -0.1) is 0 Å². The molecule has 0 fully saturated rings. The molecule has 0 aliphatic carbocycles. The van der Waals surface area contributed by atoms with E-state index in [-0.39, 0.29) is 0 Å². The van der Waals surface area contributed by atoms with Crippen molar-refractivity contribution >= 4 is 46.6 Å². The zero-order valence-electron chi connectivity index (χ0n) is 11.7. The highest BCUT2D eigenvalue weighted by Crippen LogP contribution is 2.28. The molecule has 0 aliphatic heterocycles. The second-order valence-corrected chi connectivity index (χ2v) is 6.08. The van der Waals surface area contributed by atoms with Crippen LogP contribution in [-0.4, -0.2) is 19.3 Å². The van der Waals surface area contributed by atoms with Gasteiger partial charge in [0.2, 0.25) is 0 Å². The van der Waals surface area contributed by atoms with Crippen LogP contribution in [0.4, 0.5) is 0 Å². The van der Waals surface area contributed by atoms with Crippen LogP contribution >= 0.6 is 35.4 Å².